The molecule has 25 heavy (non-hydrogen) atoms. The van der Waals surface area contributed by atoms with E-state index >= 15 is 0 Å². The highest BCUT2D eigenvalue weighted by molar-refractivity contribution is 6.30. The molecule has 2 heterocycles. The van der Waals surface area contributed by atoms with Crippen LogP contribution in [0.3, 0.4) is 0 Å². The number of ether oxygens (including phenoxy) is 1. The summed E-state index contributed by atoms with van der Waals surface area (Å²) in [5.41, 5.74) is 3.73. The number of nitrogens with zero attached hydrogens (tertiary/aromatic N) is 2. The van der Waals surface area contributed by atoms with Crippen LogP contribution in [0.1, 0.15) is 17.8 Å². The predicted molar refractivity (Wildman–Crippen MR) is 95.5 cm³/mol. The summed E-state index contributed by atoms with van der Waals surface area (Å²) in [5.74, 6) is 2.28. The Labute approximate surface area is 163 Å². The Bertz CT molecular complexity index is 874. The third-order valence-corrected chi connectivity index (χ3v) is 4.86. The molecular weight excluding hydrogens is 400 g/mol. The van der Waals surface area contributed by atoms with Crippen LogP contribution in [-0.4, -0.2) is 11.7 Å². The predicted octanol–water partition coefficient (Wildman–Crippen LogP) is 1.10. The van der Waals surface area contributed by atoms with Crippen LogP contribution in [0.2, 0.25) is 5.02 Å². The second-order valence-electron chi connectivity index (χ2n) is 6.17. The standard InChI is InChI=1S/C20H20ClN2O.BrH/c1-24-18-9-7-16(8-10-18)19-14-22(20-6-3-11-23(19)20)13-15-4-2-5-17(21)12-15;/h2,4-5,7-10,12,14H,3,6,11,13H2,1H3;1H/q+1;/p-1. The number of fused-ring (bicyclic) bond motifs is 1. The Kier molecular flexibility index (Phi) is 5.50. The van der Waals surface area contributed by atoms with Crippen molar-refractivity contribution >= 4 is 11.6 Å². The highest BCUT2D eigenvalue weighted by Crippen LogP contribution is 2.26. The molecule has 5 heteroatoms. The Morgan fingerprint density at radius 3 is 2.68 bits per heavy atom. The molecule has 0 aliphatic carbocycles. The van der Waals surface area contributed by atoms with Gasteiger partial charge in [-0.05, 0) is 48.4 Å². The van der Waals surface area contributed by atoms with E-state index in [0.29, 0.717) is 0 Å². The first-order valence-corrected chi connectivity index (χ1v) is 8.63. The molecule has 0 bridgehead atoms. The molecule has 3 aromatic rings. The summed E-state index contributed by atoms with van der Waals surface area (Å²) in [6.07, 6.45) is 4.59. The fourth-order valence-electron chi connectivity index (χ4n) is 3.47. The van der Waals surface area contributed by atoms with E-state index in [9.17, 15) is 0 Å². The van der Waals surface area contributed by atoms with Gasteiger partial charge in [-0.15, -0.1) is 0 Å². The Morgan fingerprint density at radius 2 is 1.96 bits per heavy atom. The van der Waals surface area contributed by atoms with Gasteiger partial charge in [0.2, 0.25) is 0 Å². The summed E-state index contributed by atoms with van der Waals surface area (Å²) in [6.45, 7) is 1.94. The first kappa shape index (κ1) is 18.0. The molecular formula is C20H20BrClN2O. The Balaban J connectivity index is 0.00000182. The van der Waals surface area contributed by atoms with Crippen LogP contribution in [-0.2, 0) is 19.5 Å². The number of hydrogen-bond donors (Lipinski definition) is 0. The summed E-state index contributed by atoms with van der Waals surface area (Å²) in [4.78, 5) is 0. The minimum absolute atomic E-state index is 0. The fraction of sp³-hybridized carbons (Fsp3) is 0.250. The van der Waals surface area contributed by atoms with Gasteiger partial charge in [-0.1, -0.05) is 23.7 Å². The second kappa shape index (κ2) is 7.63. The summed E-state index contributed by atoms with van der Waals surface area (Å²) < 4.78 is 10.1. The van der Waals surface area contributed by atoms with E-state index in [4.69, 9.17) is 16.3 Å². The van der Waals surface area contributed by atoms with E-state index in [1.54, 1.807) is 7.11 Å². The van der Waals surface area contributed by atoms with Crippen molar-refractivity contribution in [3.05, 3.63) is 71.1 Å². The maximum absolute atomic E-state index is 6.13. The lowest BCUT2D eigenvalue weighted by Crippen LogP contribution is -3.00. The van der Waals surface area contributed by atoms with Gasteiger partial charge in [0.1, 0.15) is 18.5 Å². The molecule has 0 saturated heterocycles. The zero-order valence-electron chi connectivity index (χ0n) is 14.1. The zero-order chi connectivity index (χ0) is 16.5. The average Bonchev–Trinajstić information content (AvgIpc) is 3.19. The van der Waals surface area contributed by atoms with Crippen molar-refractivity contribution in [1.82, 2.24) is 4.57 Å². The summed E-state index contributed by atoms with van der Waals surface area (Å²) in [5, 5.41) is 0.791. The van der Waals surface area contributed by atoms with Crippen LogP contribution in [0.25, 0.3) is 11.3 Å². The third kappa shape index (κ3) is 3.60. The molecule has 0 saturated carbocycles. The molecule has 0 spiro atoms. The van der Waals surface area contributed by atoms with Gasteiger partial charge in [0, 0.05) is 10.6 Å². The van der Waals surface area contributed by atoms with Crippen LogP contribution in [0, 0.1) is 0 Å². The molecule has 130 valence electrons. The lowest BCUT2D eigenvalue weighted by atomic mass is 10.1. The van der Waals surface area contributed by atoms with Gasteiger partial charge < -0.3 is 21.7 Å². The van der Waals surface area contributed by atoms with E-state index in [1.807, 2.05) is 30.3 Å². The minimum atomic E-state index is 0. The van der Waals surface area contributed by atoms with E-state index in [2.05, 4.69) is 33.5 Å². The molecule has 0 fully saturated rings. The van der Waals surface area contributed by atoms with Crippen molar-refractivity contribution in [2.45, 2.75) is 25.9 Å². The minimum Gasteiger partial charge on any atom is -1.00 e. The van der Waals surface area contributed by atoms with Crippen molar-refractivity contribution in [2.75, 3.05) is 7.11 Å². The number of aromatic nitrogens is 2. The van der Waals surface area contributed by atoms with Crippen LogP contribution >= 0.6 is 11.6 Å². The van der Waals surface area contributed by atoms with Crippen molar-refractivity contribution in [2.24, 2.45) is 0 Å². The fourth-order valence-corrected chi connectivity index (χ4v) is 3.68. The van der Waals surface area contributed by atoms with Gasteiger partial charge in [-0.3, -0.25) is 0 Å². The van der Waals surface area contributed by atoms with E-state index in [-0.39, 0.29) is 17.0 Å². The van der Waals surface area contributed by atoms with Gasteiger partial charge in [-0.2, -0.15) is 0 Å². The number of hydrogen-bond acceptors (Lipinski definition) is 1. The first-order valence-electron chi connectivity index (χ1n) is 8.25. The van der Waals surface area contributed by atoms with Gasteiger partial charge in [0.15, 0.2) is 5.69 Å². The third-order valence-electron chi connectivity index (χ3n) is 4.62. The Morgan fingerprint density at radius 1 is 1.16 bits per heavy atom. The van der Waals surface area contributed by atoms with Crippen LogP contribution in [0.4, 0.5) is 0 Å². The van der Waals surface area contributed by atoms with Gasteiger partial charge >= 0.3 is 0 Å². The highest BCUT2D eigenvalue weighted by atomic mass is 79.9. The van der Waals surface area contributed by atoms with Gasteiger partial charge in [0.05, 0.1) is 20.1 Å². The molecule has 1 aromatic heterocycles. The molecule has 3 nitrogen and oxygen atoms in total. The molecule has 0 radical (unpaired) electrons. The molecule has 2 aromatic carbocycles. The highest BCUT2D eigenvalue weighted by Gasteiger charge is 2.28. The number of halogens is 2. The van der Waals surface area contributed by atoms with Gasteiger partial charge in [-0.25, -0.2) is 9.13 Å². The molecule has 4 rings (SSSR count). The van der Waals surface area contributed by atoms with E-state index < -0.39 is 0 Å². The maximum Gasteiger partial charge on any atom is 0.257 e. The van der Waals surface area contributed by atoms with Crippen LogP contribution < -0.4 is 26.3 Å². The van der Waals surface area contributed by atoms with E-state index in [1.165, 1.54) is 29.1 Å². The maximum atomic E-state index is 6.13. The summed E-state index contributed by atoms with van der Waals surface area (Å²) >= 11 is 6.13. The summed E-state index contributed by atoms with van der Waals surface area (Å²) in [6, 6.07) is 16.4. The SMILES string of the molecule is COc1ccc(-c2c[n+](Cc3cccc(Cl)c3)c3n2CCC3)cc1.[Br-]. The molecule has 0 atom stereocenters. The Hall–Kier alpha value is -1.78. The lowest BCUT2D eigenvalue weighted by Gasteiger charge is -2.01. The van der Waals surface area contributed by atoms with Crippen LogP contribution in [0.5, 0.6) is 5.75 Å². The van der Waals surface area contributed by atoms with Crippen LogP contribution in [0.15, 0.2) is 54.7 Å². The molecule has 0 amide bonds. The zero-order valence-corrected chi connectivity index (χ0v) is 16.4. The number of imidazole rings is 1. The van der Waals surface area contributed by atoms with E-state index in [0.717, 1.165) is 30.3 Å². The first-order chi connectivity index (χ1) is 11.7. The van der Waals surface area contributed by atoms with Gasteiger partial charge in [0.25, 0.3) is 5.82 Å². The van der Waals surface area contributed by atoms with Crippen molar-refractivity contribution in [1.29, 1.82) is 0 Å². The van der Waals surface area contributed by atoms with Crippen molar-refractivity contribution in [3.63, 3.8) is 0 Å². The molecule has 0 N–H and O–H groups in total. The topological polar surface area (TPSA) is 18.0 Å². The molecule has 1 aliphatic heterocycles. The number of methoxy groups -OCH3 is 1. The average molecular weight is 420 g/mol. The smallest absolute Gasteiger partial charge is 0.257 e. The van der Waals surface area contributed by atoms with Crippen molar-refractivity contribution < 1.29 is 26.3 Å². The number of benzene rings is 2. The molecule has 1 aliphatic rings. The second-order valence-corrected chi connectivity index (χ2v) is 6.61. The normalized spacial score (nSPS) is 12.6. The monoisotopic (exact) mass is 418 g/mol. The largest absolute Gasteiger partial charge is 1.00 e. The lowest BCUT2D eigenvalue weighted by molar-refractivity contribution is -0.694. The quantitative estimate of drug-likeness (QED) is 0.579. The van der Waals surface area contributed by atoms with Crippen molar-refractivity contribution in [3.8, 4) is 17.0 Å². The summed E-state index contributed by atoms with van der Waals surface area (Å²) in [7, 11) is 1.70. The molecule has 0 unspecified atom stereocenters. The number of rotatable bonds is 4.